The molecule has 0 N–H and O–H groups in total. The number of esters is 1. The summed E-state index contributed by atoms with van der Waals surface area (Å²) in [7, 11) is 0. The van der Waals surface area contributed by atoms with Crippen LogP contribution in [0.3, 0.4) is 0 Å². The fraction of sp³-hybridized carbons (Fsp3) is 0.125. The van der Waals surface area contributed by atoms with Crippen molar-refractivity contribution in [3.05, 3.63) is 64.2 Å². The summed E-state index contributed by atoms with van der Waals surface area (Å²) in [4.78, 5) is 16.0. The first-order valence-electron chi connectivity index (χ1n) is 6.50. The van der Waals surface area contributed by atoms with Crippen molar-refractivity contribution in [2.45, 2.75) is 12.8 Å². The highest BCUT2D eigenvalue weighted by Crippen LogP contribution is 2.20. The molecular weight excluding hydrogens is 334 g/mol. The van der Waals surface area contributed by atoms with Crippen molar-refractivity contribution < 1.29 is 13.9 Å². The Balaban J connectivity index is 1.72. The normalized spacial score (nSPS) is 16.1. The van der Waals surface area contributed by atoms with Crippen molar-refractivity contribution in [3.8, 4) is 0 Å². The number of aliphatic imine (C=N–C) groups is 1. The van der Waals surface area contributed by atoms with Gasteiger partial charge in [-0.1, -0.05) is 28.1 Å². The molecule has 0 unspecified atom stereocenters. The topological polar surface area (TPSA) is 51.8 Å². The molecule has 0 fully saturated rings. The second kappa shape index (κ2) is 6.10. The lowest BCUT2D eigenvalue weighted by Crippen LogP contribution is -2.04. The Labute approximate surface area is 130 Å². The van der Waals surface area contributed by atoms with Crippen LogP contribution in [0.5, 0.6) is 0 Å². The molecule has 0 saturated heterocycles. The van der Waals surface area contributed by atoms with Crippen molar-refractivity contribution in [3.63, 3.8) is 0 Å². The molecule has 2 aromatic rings. The predicted octanol–water partition coefficient (Wildman–Crippen LogP) is 3.97. The number of carbonyl (C=O) groups excluding carboxylic acids is 1. The molecule has 0 spiro atoms. The highest BCUT2D eigenvalue weighted by atomic mass is 79.9. The molecule has 106 valence electrons. The van der Waals surface area contributed by atoms with E-state index in [0.717, 1.165) is 15.8 Å². The molecule has 0 bridgehead atoms. The summed E-state index contributed by atoms with van der Waals surface area (Å²) in [6, 6.07) is 11.4. The second-order valence-electron chi connectivity index (χ2n) is 4.56. The number of cyclic esters (lactones) is 1. The third kappa shape index (κ3) is 3.49. The van der Waals surface area contributed by atoms with Gasteiger partial charge in [-0.3, -0.25) is 0 Å². The molecule has 3 rings (SSSR count). The van der Waals surface area contributed by atoms with Crippen LogP contribution in [0.2, 0.25) is 0 Å². The third-order valence-electron chi connectivity index (χ3n) is 2.98. The van der Waals surface area contributed by atoms with Crippen LogP contribution in [0.15, 0.2) is 62.2 Å². The number of ether oxygens (including phenoxy) is 1. The Morgan fingerprint density at radius 1 is 1.19 bits per heavy atom. The van der Waals surface area contributed by atoms with E-state index < -0.39 is 5.97 Å². The predicted molar refractivity (Wildman–Crippen MR) is 82.7 cm³/mol. The van der Waals surface area contributed by atoms with E-state index in [-0.39, 0.29) is 0 Å². The van der Waals surface area contributed by atoms with Crippen LogP contribution in [-0.4, -0.2) is 11.9 Å². The minimum atomic E-state index is -0.413. The number of carbonyl (C=O) groups is 1. The smallest absolute Gasteiger partial charge is 0.363 e. The summed E-state index contributed by atoms with van der Waals surface area (Å²) < 4.78 is 11.4. The van der Waals surface area contributed by atoms with Crippen LogP contribution in [0, 0.1) is 0 Å². The van der Waals surface area contributed by atoms with Gasteiger partial charge in [-0.05, 0) is 35.9 Å². The van der Waals surface area contributed by atoms with Gasteiger partial charge in [0, 0.05) is 17.3 Å². The molecule has 0 radical (unpaired) electrons. The summed E-state index contributed by atoms with van der Waals surface area (Å²) in [5.74, 6) is 0.861. The largest absolute Gasteiger partial charge is 0.469 e. The van der Waals surface area contributed by atoms with Crippen LogP contribution in [0.1, 0.15) is 17.7 Å². The quantitative estimate of drug-likeness (QED) is 0.622. The molecule has 0 amide bonds. The maximum absolute atomic E-state index is 11.8. The van der Waals surface area contributed by atoms with Gasteiger partial charge in [-0.25, -0.2) is 9.79 Å². The molecule has 4 nitrogen and oxygen atoms in total. The standard InChI is InChI=1S/C16H12BrNO3/c17-12-4-1-3-11(9-12)10-14-16(19)21-15(18-14)7-6-13-5-2-8-20-13/h1-5,8-10H,6-7H2/b14-10+. The molecular formula is C16H12BrNO3. The number of furan rings is 1. The van der Waals surface area contributed by atoms with Gasteiger partial charge in [-0.15, -0.1) is 0 Å². The number of rotatable bonds is 4. The SMILES string of the molecule is O=C1OC(CCc2ccco2)=N/C1=C/c1cccc(Br)c1. The molecule has 21 heavy (non-hydrogen) atoms. The molecule has 2 heterocycles. The Kier molecular flexibility index (Phi) is 4.01. The summed E-state index contributed by atoms with van der Waals surface area (Å²) in [5.41, 5.74) is 1.22. The minimum Gasteiger partial charge on any atom is -0.469 e. The maximum atomic E-state index is 11.8. The first-order valence-corrected chi connectivity index (χ1v) is 7.29. The van der Waals surface area contributed by atoms with Gasteiger partial charge < -0.3 is 9.15 Å². The summed E-state index contributed by atoms with van der Waals surface area (Å²) in [6.07, 6.45) is 4.53. The van der Waals surface area contributed by atoms with Gasteiger partial charge in [0.1, 0.15) is 5.76 Å². The highest BCUT2D eigenvalue weighted by Gasteiger charge is 2.22. The minimum absolute atomic E-state index is 0.322. The zero-order valence-corrected chi connectivity index (χ0v) is 12.7. The average molecular weight is 346 g/mol. The molecule has 0 saturated carbocycles. The summed E-state index contributed by atoms with van der Waals surface area (Å²) in [5, 5.41) is 0. The van der Waals surface area contributed by atoms with E-state index in [1.54, 1.807) is 12.3 Å². The zero-order valence-electron chi connectivity index (χ0n) is 11.1. The zero-order chi connectivity index (χ0) is 14.7. The number of aryl methyl sites for hydroxylation is 1. The number of nitrogens with zero attached hydrogens (tertiary/aromatic N) is 1. The average Bonchev–Trinajstić information content (AvgIpc) is 3.07. The third-order valence-corrected chi connectivity index (χ3v) is 3.48. The lowest BCUT2D eigenvalue weighted by molar-refractivity contribution is -0.130. The summed E-state index contributed by atoms with van der Waals surface area (Å²) in [6.45, 7) is 0. The van der Waals surface area contributed by atoms with Crippen LogP contribution in [0.4, 0.5) is 0 Å². The molecule has 5 heteroatoms. The van der Waals surface area contributed by atoms with E-state index >= 15 is 0 Å². The van der Waals surface area contributed by atoms with Crippen LogP contribution in [-0.2, 0) is 16.0 Å². The van der Waals surface area contributed by atoms with Crippen molar-refractivity contribution >= 4 is 33.9 Å². The molecule has 1 aliphatic heterocycles. The van der Waals surface area contributed by atoms with Gasteiger partial charge in [0.05, 0.1) is 6.26 Å². The second-order valence-corrected chi connectivity index (χ2v) is 5.47. The first kappa shape index (κ1) is 13.8. The lowest BCUT2D eigenvalue weighted by atomic mass is 10.2. The van der Waals surface area contributed by atoms with Crippen LogP contribution >= 0.6 is 15.9 Å². The van der Waals surface area contributed by atoms with E-state index in [1.165, 1.54) is 0 Å². The number of halogens is 1. The Morgan fingerprint density at radius 2 is 2.10 bits per heavy atom. The summed E-state index contributed by atoms with van der Waals surface area (Å²) >= 11 is 3.39. The van der Waals surface area contributed by atoms with E-state index in [2.05, 4.69) is 20.9 Å². The van der Waals surface area contributed by atoms with Crippen LogP contribution in [0.25, 0.3) is 6.08 Å². The van der Waals surface area contributed by atoms with Gasteiger partial charge in [0.25, 0.3) is 0 Å². The van der Waals surface area contributed by atoms with Gasteiger partial charge >= 0.3 is 5.97 Å². The Bertz CT molecular complexity index is 717. The molecule has 1 aromatic heterocycles. The molecule has 1 aromatic carbocycles. The van der Waals surface area contributed by atoms with E-state index in [4.69, 9.17) is 9.15 Å². The van der Waals surface area contributed by atoms with Gasteiger partial charge in [0.15, 0.2) is 11.6 Å². The Morgan fingerprint density at radius 3 is 2.86 bits per heavy atom. The maximum Gasteiger partial charge on any atom is 0.363 e. The monoisotopic (exact) mass is 345 g/mol. The fourth-order valence-electron chi connectivity index (χ4n) is 2.00. The van der Waals surface area contributed by atoms with Crippen molar-refractivity contribution in [1.82, 2.24) is 0 Å². The van der Waals surface area contributed by atoms with E-state index in [0.29, 0.717) is 24.4 Å². The van der Waals surface area contributed by atoms with Crippen molar-refractivity contribution in [1.29, 1.82) is 0 Å². The molecule has 1 aliphatic rings. The molecule has 0 aliphatic carbocycles. The van der Waals surface area contributed by atoms with Crippen molar-refractivity contribution in [2.75, 3.05) is 0 Å². The van der Waals surface area contributed by atoms with Crippen LogP contribution < -0.4 is 0 Å². The molecule has 0 atom stereocenters. The Hall–Kier alpha value is -2.14. The first-order chi connectivity index (χ1) is 10.2. The number of hydrogen-bond acceptors (Lipinski definition) is 4. The van der Waals surface area contributed by atoms with Gasteiger partial charge in [0.2, 0.25) is 0 Å². The lowest BCUT2D eigenvalue weighted by Gasteiger charge is -1.96. The van der Waals surface area contributed by atoms with E-state index in [1.807, 2.05) is 36.4 Å². The number of hydrogen-bond donors (Lipinski definition) is 0. The highest BCUT2D eigenvalue weighted by molar-refractivity contribution is 9.10. The van der Waals surface area contributed by atoms with Gasteiger partial charge in [-0.2, -0.15) is 0 Å². The van der Waals surface area contributed by atoms with Crippen molar-refractivity contribution in [2.24, 2.45) is 4.99 Å². The fourth-order valence-corrected chi connectivity index (χ4v) is 2.42. The van der Waals surface area contributed by atoms with E-state index in [9.17, 15) is 4.79 Å². The number of benzene rings is 1.